The minimum Gasteiger partial charge on any atom is -0.394 e. The van der Waals surface area contributed by atoms with Crippen molar-refractivity contribution in [3.63, 3.8) is 0 Å². The van der Waals surface area contributed by atoms with Crippen LogP contribution in [0.4, 0.5) is 5.95 Å². The molecule has 0 aliphatic heterocycles. The largest absolute Gasteiger partial charge is 0.436 e. The Morgan fingerprint density at radius 3 is 2.76 bits per heavy atom. The SMILES string of the molecule is O=[N+]([O-])c1nccn1COC(CO)C(O)CO. The molecule has 1 rings (SSSR count). The summed E-state index contributed by atoms with van der Waals surface area (Å²) in [5.74, 6) is -0.403. The lowest BCUT2D eigenvalue weighted by Crippen LogP contribution is -2.35. The van der Waals surface area contributed by atoms with E-state index < -0.39 is 36.3 Å². The van der Waals surface area contributed by atoms with Crippen LogP contribution in [0.1, 0.15) is 0 Å². The van der Waals surface area contributed by atoms with E-state index in [0.717, 1.165) is 4.57 Å². The van der Waals surface area contributed by atoms with Gasteiger partial charge in [-0.2, -0.15) is 0 Å². The maximum absolute atomic E-state index is 10.5. The summed E-state index contributed by atoms with van der Waals surface area (Å²) in [5.41, 5.74) is 0. The van der Waals surface area contributed by atoms with Gasteiger partial charge in [0, 0.05) is 0 Å². The predicted molar refractivity (Wildman–Crippen MR) is 53.9 cm³/mol. The summed E-state index contributed by atoms with van der Waals surface area (Å²) in [6.07, 6.45) is 0.306. The molecule has 0 spiro atoms. The Hall–Kier alpha value is -1.55. The number of rotatable bonds is 7. The Labute approximate surface area is 96.0 Å². The molecular weight excluding hydrogens is 234 g/mol. The first-order valence-electron chi connectivity index (χ1n) is 4.77. The van der Waals surface area contributed by atoms with Gasteiger partial charge in [-0.05, 0) is 4.92 Å². The summed E-state index contributed by atoms with van der Waals surface area (Å²) in [4.78, 5) is 13.3. The van der Waals surface area contributed by atoms with Crippen LogP contribution in [-0.4, -0.2) is 55.2 Å². The van der Waals surface area contributed by atoms with Crippen LogP contribution in [0.25, 0.3) is 0 Å². The number of nitro groups is 1. The highest BCUT2D eigenvalue weighted by atomic mass is 16.6. The summed E-state index contributed by atoms with van der Waals surface area (Å²) >= 11 is 0. The normalized spacial score (nSPS) is 14.5. The molecule has 0 saturated carbocycles. The fourth-order valence-corrected chi connectivity index (χ4v) is 1.15. The van der Waals surface area contributed by atoms with Crippen molar-refractivity contribution in [2.75, 3.05) is 13.2 Å². The molecule has 0 aromatic carbocycles. The number of ether oxygens (including phenoxy) is 1. The predicted octanol–water partition coefficient (Wildman–Crippen LogP) is -1.52. The van der Waals surface area contributed by atoms with Crippen LogP contribution in [0.15, 0.2) is 12.4 Å². The zero-order valence-corrected chi connectivity index (χ0v) is 8.84. The van der Waals surface area contributed by atoms with Crippen LogP contribution in [0.5, 0.6) is 0 Å². The van der Waals surface area contributed by atoms with Gasteiger partial charge in [0.15, 0.2) is 6.73 Å². The number of imidazole rings is 1. The van der Waals surface area contributed by atoms with Crippen molar-refractivity contribution in [3.05, 3.63) is 22.5 Å². The second kappa shape index (κ2) is 6.25. The molecule has 17 heavy (non-hydrogen) atoms. The van der Waals surface area contributed by atoms with Gasteiger partial charge in [0.05, 0.1) is 13.2 Å². The zero-order valence-electron chi connectivity index (χ0n) is 8.84. The summed E-state index contributed by atoms with van der Waals surface area (Å²) in [6, 6.07) is 0. The van der Waals surface area contributed by atoms with Crippen molar-refractivity contribution in [2.24, 2.45) is 0 Å². The van der Waals surface area contributed by atoms with Gasteiger partial charge in [0.25, 0.3) is 0 Å². The fraction of sp³-hybridized carbons (Fsp3) is 0.625. The molecule has 0 radical (unpaired) electrons. The Morgan fingerprint density at radius 2 is 2.24 bits per heavy atom. The molecule has 9 heteroatoms. The van der Waals surface area contributed by atoms with Crippen LogP contribution < -0.4 is 0 Å². The van der Waals surface area contributed by atoms with Gasteiger partial charge in [0.1, 0.15) is 24.6 Å². The molecule has 0 amide bonds. The third-order valence-corrected chi connectivity index (χ3v) is 2.08. The molecule has 3 N–H and O–H groups in total. The molecule has 0 bridgehead atoms. The van der Waals surface area contributed by atoms with Crippen molar-refractivity contribution < 1.29 is 25.0 Å². The first kappa shape index (κ1) is 13.5. The maximum atomic E-state index is 10.5. The van der Waals surface area contributed by atoms with Crippen LogP contribution in [0.2, 0.25) is 0 Å². The average molecular weight is 247 g/mol. The molecule has 0 aliphatic carbocycles. The lowest BCUT2D eigenvalue weighted by molar-refractivity contribution is -0.397. The Morgan fingerprint density at radius 1 is 1.53 bits per heavy atom. The minimum atomic E-state index is -1.25. The zero-order chi connectivity index (χ0) is 12.8. The van der Waals surface area contributed by atoms with E-state index in [-0.39, 0.29) is 6.73 Å². The summed E-state index contributed by atoms with van der Waals surface area (Å²) in [5, 5.41) is 37.3. The third kappa shape index (κ3) is 3.46. The van der Waals surface area contributed by atoms with Crippen molar-refractivity contribution in [1.29, 1.82) is 0 Å². The number of nitrogens with zero attached hydrogens (tertiary/aromatic N) is 3. The van der Waals surface area contributed by atoms with Crippen molar-refractivity contribution in [2.45, 2.75) is 18.9 Å². The molecule has 2 unspecified atom stereocenters. The number of aliphatic hydroxyl groups excluding tert-OH is 3. The molecule has 2 atom stereocenters. The second-order valence-electron chi connectivity index (χ2n) is 3.22. The standard InChI is InChI=1S/C8H13N3O6/c12-3-6(14)7(4-13)17-5-10-2-1-9-8(10)11(15)16/h1-2,6-7,12-14H,3-5H2. The van der Waals surface area contributed by atoms with E-state index in [1.54, 1.807) is 0 Å². The first-order valence-corrected chi connectivity index (χ1v) is 4.77. The molecule has 0 aliphatic rings. The third-order valence-electron chi connectivity index (χ3n) is 2.08. The monoisotopic (exact) mass is 247 g/mol. The molecular formula is C8H13N3O6. The van der Waals surface area contributed by atoms with Gasteiger partial charge in [0.2, 0.25) is 0 Å². The van der Waals surface area contributed by atoms with Gasteiger partial charge in [-0.1, -0.05) is 4.98 Å². The van der Waals surface area contributed by atoms with Gasteiger partial charge < -0.3 is 30.2 Å². The van der Waals surface area contributed by atoms with Gasteiger partial charge in [-0.15, -0.1) is 0 Å². The van der Waals surface area contributed by atoms with Crippen LogP contribution in [-0.2, 0) is 11.5 Å². The molecule has 1 aromatic heterocycles. The first-order chi connectivity index (χ1) is 8.10. The van der Waals surface area contributed by atoms with E-state index in [2.05, 4.69) is 4.98 Å². The highest BCUT2D eigenvalue weighted by Gasteiger charge is 2.21. The van der Waals surface area contributed by atoms with E-state index >= 15 is 0 Å². The van der Waals surface area contributed by atoms with Gasteiger partial charge in [-0.3, -0.25) is 0 Å². The Bertz CT molecular complexity index is 368. The van der Waals surface area contributed by atoms with E-state index in [1.165, 1.54) is 12.4 Å². The summed E-state index contributed by atoms with van der Waals surface area (Å²) in [7, 11) is 0. The van der Waals surface area contributed by atoms with E-state index in [4.69, 9.17) is 14.9 Å². The quantitative estimate of drug-likeness (QED) is 0.394. The minimum absolute atomic E-state index is 0.251. The topological polar surface area (TPSA) is 131 Å². The Balaban J connectivity index is 2.59. The summed E-state index contributed by atoms with van der Waals surface area (Å²) < 4.78 is 6.14. The molecule has 9 nitrogen and oxygen atoms in total. The number of aliphatic hydroxyl groups is 3. The second-order valence-corrected chi connectivity index (χ2v) is 3.22. The number of hydrogen-bond donors (Lipinski definition) is 3. The molecule has 0 saturated heterocycles. The maximum Gasteiger partial charge on any atom is 0.436 e. The molecule has 1 aromatic rings. The van der Waals surface area contributed by atoms with Crippen LogP contribution in [0.3, 0.4) is 0 Å². The van der Waals surface area contributed by atoms with Gasteiger partial charge >= 0.3 is 5.95 Å². The van der Waals surface area contributed by atoms with Crippen molar-refractivity contribution in [3.8, 4) is 0 Å². The summed E-state index contributed by atoms with van der Waals surface area (Å²) in [6.45, 7) is -1.33. The molecule has 96 valence electrons. The van der Waals surface area contributed by atoms with E-state index in [0.29, 0.717) is 0 Å². The number of hydrogen-bond acceptors (Lipinski definition) is 7. The van der Waals surface area contributed by atoms with Crippen molar-refractivity contribution in [1.82, 2.24) is 9.55 Å². The molecule has 0 fully saturated rings. The highest BCUT2D eigenvalue weighted by Crippen LogP contribution is 2.09. The Kier molecular flexibility index (Phi) is 4.97. The van der Waals surface area contributed by atoms with Crippen molar-refractivity contribution >= 4 is 5.95 Å². The van der Waals surface area contributed by atoms with Crippen LogP contribution >= 0.6 is 0 Å². The van der Waals surface area contributed by atoms with E-state index in [9.17, 15) is 15.2 Å². The van der Waals surface area contributed by atoms with Gasteiger partial charge in [-0.25, -0.2) is 4.57 Å². The fourth-order valence-electron chi connectivity index (χ4n) is 1.15. The lowest BCUT2D eigenvalue weighted by Gasteiger charge is -2.18. The highest BCUT2D eigenvalue weighted by molar-refractivity contribution is 5.05. The van der Waals surface area contributed by atoms with Crippen LogP contribution in [0, 0.1) is 10.1 Å². The smallest absolute Gasteiger partial charge is 0.394 e. The lowest BCUT2D eigenvalue weighted by atomic mass is 10.2. The number of aromatic nitrogens is 2. The van der Waals surface area contributed by atoms with E-state index in [1.807, 2.05) is 0 Å². The average Bonchev–Trinajstić information content (AvgIpc) is 2.77. The molecule has 1 heterocycles.